The van der Waals surface area contributed by atoms with Crippen molar-refractivity contribution in [2.75, 3.05) is 25.0 Å². The van der Waals surface area contributed by atoms with E-state index in [-0.39, 0.29) is 11.9 Å². The quantitative estimate of drug-likeness (QED) is 0.592. The summed E-state index contributed by atoms with van der Waals surface area (Å²) in [5, 5.41) is 6.88. The van der Waals surface area contributed by atoms with Crippen LogP contribution in [-0.4, -0.2) is 41.7 Å². The molecular weight excluding hydrogens is 355 g/mol. The van der Waals surface area contributed by atoms with Gasteiger partial charge in [0, 0.05) is 50.8 Å². The van der Waals surface area contributed by atoms with E-state index in [2.05, 4.69) is 43.9 Å². The summed E-state index contributed by atoms with van der Waals surface area (Å²) >= 11 is 0. The minimum atomic E-state index is -0.193. The summed E-state index contributed by atoms with van der Waals surface area (Å²) in [4.78, 5) is 11.0. The third kappa shape index (κ3) is 5.47. The van der Waals surface area contributed by atoms with Gasteiger partial charge in [-0.05, 0) is 37.0 Å². The van der Waals surface area contributed by atoms with Crippen LogP contribution < -0.4 is 15.5 Å². The molecule has 6 nitrogen and oxygen atoms in total. The monoisotopic (exact) mass is 386 g/mol. The summed E-state index contributed by atoms with van der Waals surface area (Å²) in [6.45, 7) is 7.75. The molecule has 2 heterocycles. The normalized spacial score (nSPS) is 17.8. The summed E-state index contributed by atoms with van der Waals surface area (Å²) < 4.78 is 15.7. The highest BCUT2D eigenvalue weighted by molar-refractivity contribution is 5.80. The zero-order valence-corrected chi connectivity index (χ0v) is 17.0. The van der Waals surface area contributed by atoms with Gasteiger partial charge in [-0.3, -0.25) is 4.99 Å². The molecule has 0 aliphatic carbocycles. The van der Waals surface area contributed by atoms with Gasteiger partial charge in [-0.1, -0.05) is 19.9 Å². The average Bonchev–Trinajstić information content (AvgIpc) is 3.11. The number of nitrogens with zero attached hydrogens (tertiary/aromatic N) is 4. The molecule has 2 aromatic rings. The molecule has 0 bridgehead atoms. The summed E-state index contributed by atoms with van der Waals surface area (Å²) in [5.41, 5.74) is 0.935. The van der Waals surface area contributed by atoms with Crippen LogP contribution in [0.4, 0.5) is 10.1 Å². The van der Waals surface area contributed by atoms with E-state index in [9.17, 15) is 4.39 Å². The van der Waals surface area contributed by atoms with Gasteiger partial charge in [-0.25, -0.2) is 9.37 Å². The largest absolute Gasteiger partial charge is 0.369 e. The van der Waals surface area contributed by atoms with Gasteiger partial charge in [-0.15, -0.1) is 0 Å². The number of hydrogen-bond donors (Lipinski definition) is 2. The van der Waals surface area contributed by atoms with Crippen molar-refractivity contribution in [1.82, 2.24) is 20.2 Å². The number of imidazole rings is 1. The van der Waals surface area contributed by atoms with Crippen LogP contribution >= 0.6 is 0 Å². The minimum Gasteiger partial charge on any atom is -0.369 e. The Morgan fingerprint density at radius 3 is 3.00 bits per heavy atom. The van der Waals surface area contributed by atoms with Crippen molar-refractivity contribution in [2.45, 2.75) is 45.8 Å². The maximum Gasteiger partial charge on any atom is 0.191 e. The molecule has 0 saturated carbocycles. The number of halogens is 1. The highest BCUT2D eigenvalue weighted by Gasteiger charge is 2.21. The standard InChI is InChI=1S/C21H31FN6/c1-16(2)14-28-11-9-24-20(28)13-25-21(23-3)26-18-7-5-10-27(15-18)19-8-4-6-17(22)12-19/h4,6,8-9,11-12,16,18H,5,7,10,13-15H2,1-3H3,(H2,23,25,26). The maximum absolute atomic E-state index is 13.6. The molecule has 1 atom stereocenters. The highest BCUT2D eigenvalue weighted by Crippen LogP contribution is 2.20. The number of aliphatic imine (C=N–C) groups is 1. The fourth-order valence-electron chi connectivity index (χ4n) is 3.62. The fourth-order valence-corrected chi connectivity index (χ4v) is 3.62. The van der Waals surface area contributed by atoms with Gasteiger partial charge >= 0.3 is 0 Å². The van der Waals surface area contributed by atoms with Crippen molar-refractivity contribution in [3.8, 4) is 0 Å². The molecule has 0 radical (unpaired) electrons. The second-order valence-corrected chi connectivity index (χ2v) is 7.72. The van der Waals surface area contributed by atoms with E-state index in [0.29, 0.717) is 12.5 Å². The number of piperidine rings is 1. The number of nitrogens with one attached hydrogen (secondary N) is 2. The van der Waals surface area contributed by atoms with Crippen molar-refractivity contribution >= 4 is 11.6 Å². The van der Waals surface area contributed by atoms with Crippen molar-refractivity contribution in [3.05, 3.63) is 48.3 Å². The molecule has 1 aromatic carbocycles. The predicted octanol–water partition coefficient (Wildman–Crippen LogP) is 3.01. The Hall–Kier alpha value is -2.57. The Morgan fingerprint density at radius 2 is 2.25 bits per heavy atom. The molecule has 2 N–H and O–H groups in total. The van der Waals surface area contributed by atoms with Crippen molar-refractivity contribution in [3.63, 3.8) is 0 Å². The molecule has 1 unspecified atom stereocenters. The lowest BCUT2D eigenvalue weighted by Gasteiger charge is -2.35. The predicted molar refractivity (Wildman–Crippen MR) is 112 cm³/mol. The van der Waals surface area contributed by atoms with Crippen molar-refractivity contribution in [2.24, 2.45) is 10.9 Å². The fraction of sp³-hybridized carbons (Fsp3) is 0.524. The van der Waals surface area contributed by atoms with E-state index in [1.807, 2.05) is 18.5 Å². The van der Waals surface area contributed by atoms with E-state index >= 15 is 0 Å². The number of anilines is 1. The molecule has 152 valence electrons. The van der Waals surface area contributed by atoms with Crippen LogP contribution in [0.3, 0.4) is 0 Å². The van der Waals surface area contributed by atoms with Gasteiger partial charge in [0.25, 0.3) is 0 Å². The van der Waals surface area contributed by atoms with E-state index < -0.39 is 0 Å². The number of rotatable bonds is 6. The number of aromatic nitrogens is 2. The molecule has 7 heteroatoms. The third-order valence-electron chi connectivity index (χ3n) is 4.94. The first-order valence-electron chi connectivity index (χ1n) is 10.0. The van der Waals surface area contributed by atoms with Crippen LogP contribution in [0.25, 0.3) is 0 Å². The van der Waals surface area contributed by atoms with Crippen molar-refractivity contribution in [1.29, 1.82) is 0 Å². The maximum atomic E-state index is 13.6. The second-order valence-electron chi connectivity index (χ2n) is 7.72. The molecule has 28 heavy (non-hydrogen) atoms. The average molecular weight is 387 g/mol. The molecule has 1 aliphatic rings. The summed E-state index contributed by atoms with van der Waals surface area (Å²) in [5.74, 6) is 2.15. The van der Waals surface area contributed by atoms with Gasteiger partial charge in [0.05, 0.1) is 6.54 Å². The first-order chi connectivity index (χ1) is 13.5. The van der Waals surface area contributed by atoms with E-state index in [0.717, 1.165) is 49.9 Å². The van der Waals surface area contributed by atoms with E-state index in [4.69, 9.17) is 0 Å². The van der Waals surface area contributed by atoms with Crippen LogP contribution in [0.2, 0.25) is 0 Å². The zero-order valence-electron chi connectivity index (χ0n) is 17.0. The Morgan fingerprint density at radius 1 is 1.39 bits per heavy atom. The SMILES string of the molecule is CN=C(NCc1nccn1CC(C)C)NC1CCCN(c2cccc(F)c2)C1. The lowest BCUT2D eigenvalue weighted by atomic mass is 10.0. The molecule has 1 saturated heterocycles. The van der Waals surface area contributed by atoms with Crippen LogP contribution in [0.1, 0.15) is 32.5 Å². The zero-order chi connectivity index (χ0) is 19.9. The molecule has 1 aliphatic heterocycles. The first kappa shape index (κ1) is 20.2. The van der Waals surface area contributed by atoms with Crippen molar-refractivity contribution < 1.29 is 4.39 Å². The molecule has 0 spiro atoms. The minimum absolute atomic E-state index is 0.193. The van der Waals surface area contributed by atoms with Gasteiger partial charge < -0.3 is 20.1 Å². The molecular formula is C21H31FN6. The Bertz CT molecular complexity index is 785. The van der Waals surface area contributed by atoms with Gasteiger partial charge in [0.1, 0.15) is 11.6 Å². The van der Waals surface area contributed by atoms with Crippen LogP contribution in [0.15, 0.2) is 41.7 Å². The topological polar surface area (TPSA) is 57.5 Å². The lowest BCUT2D eigenvalue weighted by Crippen LogP contribution is -2.51. The lowest BCUT2D eigenvalue weighted by molar-refractivity contribution is 0.465. The number of hydrogen-bond acceptors (Lipinski definition) is 3. The Balaban J connectivity index is 1.55. The van der Waals surface area contributed by atoms with Gasteiger partial charge in [0.2, 0.25) is 0 Å². The number of guanidine groups is 1. The highest BCUT2D eigenvalue weighted by atomic mass is 19.1. The summed E-state index contributed by atoms with van der Waals surface area (Å²) in [6, 6.07) is 7.08. The van der Waals surface area contributed by atoms with Crippen LogP contribution in [0.5, 0.6) is 0 Å². The van der Waals surface area contributed by atoms with Gasteiger partial charge in [0.15, 0.2) is 5.96 Å². The van der Waals surface area contributed by atoms with E-state index in [1.165, 1.54) is 6.07 Å². The van der Waals surface area contributed by atoms with Crippen LogP contribution in [0, 0.1) is 11.7 Å². The Labute approximate surface area is 166 Å². The summed E-state index contributed by atoms with van der Waals surface area (Å²) in [7, 11) is 1.78. The Kier molecular flexibility index (Phi) is 6.90. The van der Waals surface area contributed by atoms with E-state index in [1.54, 1.807) is 19.2 Å². The third-order valence-corrected chi connectivity index (χ3v) is 4.94. The molecule has 0 amide bonds. The van der Waals surface area contributed by atoms with Crippen LogP contribution in [-0.2, 0) is 13.1 Å². The molecule has 3 rings (SSSR count). The number of benzene rings is 1. The second kappa shape index (κ2) is 9.57. The first-order valence-corrected chi connectivity index (χ1v) is 10.0. The smallest absolute Gasteiger partial charge is 0.191 e. The summed E-state index contributed by atoms with van der Waals surface area (Å²) in [6.07, 6.45) is 5.98. The van der Waals surface area contributed by atoms with Gasteiger partial charge in [-0.2, -0.15) is 0 Å². The molecule has 1 aromatic heterocycles. The molecule has 1 fully saturated rings.